The predicted octanol–water partition coefficient (Wildman–Crippen LogP) is 14.6. The fraction of sp³-hybridized carbons (Fsp3) is 0. The summed E-state index contributed by atoms with van der Waals surface area (Å²) in [6.45, 7) is 0. The van der Waals surface area contributed by atoms with Crippen molar-refractivity contribution < 1.29 is 4.42 Å². The zero-order valence-corrected chi connectivity index (χ0v) is 32.0. The van der Waals surface area contributed by atoms with E-state index in [2.05, 4.69) is 188 Å². The van der Waals surface area contributed by atoms with Crippen LogP contribution in [-0.2, 0) is 0 Å². The molecule has 0 N–H and O–H groups in total. The number of aromatic nitrogens is 3. The Balaban J connectivity index is 1.06. The summed E-state index contributed by atoms with van der Waals surface area (Å²) < 4.78 is 6.79. The van der Waals surface area contributed by atoms with Gasteiger partial charge in [0.1, 0.15) is 11.2 Å². The number of rotatable bonds is 7. The Labute approximate surface area is 341 Å². The molecule has 0 aliphatic heterocycles. The lowest BCUT2D eigenvalue weighted by atomic mass is 9.93. The average Bonchev–Trinajstić information content (AvgIpc) is 3.71. The first-order valence-electron chi connectivity index (χ1n) is 19.8. The SMILES string of the molecule is c1ccc(-c2ccc(-c3nc(-c4ccc(-c5ccc6ccccc6c5)cc4)nc(-c4cccc5oc6c(-c7ccccc7-c7ccccc7)cccc6c45)n3)cc2)cc1. The van der Waals surface area contributed by atoms with Gasteiger partial charge in [-0.3, -0.25) is 0 Å². The minimum absolute atomic E-state index is 0.583. The van der Waals surface area contributed by atoms with E-state index in [4.69, 9.17) is 19.4 Å². The van der Waals surface area contributed by atoms with E-state index in [0.717, 1.165) is 83.1 Å². The van der Waals surface area contributed by atoms with Gasteiger partial charge in [0.2, 0.25) is 0 Å². The summed E-state index contributed by atoms with van der Waals surface area (Å²) in [4.78, 5) is 15.5. The molecule has 4 nitrogen and oxygen atoms in total. The van der Waals surface area contributed by atoms with Gasteiger partial charge < -0.3 is 4.42 Å². The molecule has 0 spiro atoms. The van der Waals surface area contributed by atoms with Crippen molar-refractivity contribution in [3.8, 4) is 78.7 Å². The van der Waals surface area contributed by atoms with Crippen molar-refractivity contribution >= 4 is 32.7 Å². The van der Waals surface area contributed by atoms with Crippen molar-refractivity contribution in [3.63, 3.8) is 0 Å². The average molecular weight is 754 g/mol. The van der Waals surface area contributed by atoms with Crippen LogP contribution in [-0.4, -0.2) is 15.0 Å². The third kappa shape index (κ3) is 6.34. The van der Waals surface area contributed by atoms with Crippen LogP contribution < -0.4 is 0 Å². The highest BCUT2D eigenvalue weighted by Gasteiger charge is 2.21. The lowest BCUT2D eigenvalue weighted by Crippen LogP contribution is -2.00. The standard InChI is InChI=1S/C55H35N3O/c1-3-13-36(14-4-1)38-25-30-41(31-26-38)53-56-54(42-32-27-39(28-33-42)44-34-29-37-15-7-8-18-43(37)35-44)58-55(57-53)49-23-12-24-50-51(49)48-22-11-21-47(52(48)59-50)46-20-10-9-19-45(46)40-16-5-2-6-17-40/h1-35H. The summed E-state index contributed by atoms with van der Waals surface area (Å²) in [5, 5.41) is 4.42. The molecule has 59 heavy (non-hydrogen) atoms. The van der Waals surface area contributed by atoms with Gasteiger partial charge in [0, 0.05) is 33.0 Å². The summed E-state index contributed by atoms with van der Waals surface area (Å²) >= 11 is 0. The van der Waals surface area contributed by atoms with Crippen molar-refractivity contribution in [2.75, 3.05) is 0 Å². The smallest absolute Gasteiger partial charge is 0.164 e. The van der Waals surface area contributed by atoms with Crippen molar-refractivity contribution in [1.82, 2.24) is 15.0 Å². The first-order valence-corrected chi connectivity index (χ1v) is 19.8. The molecule has 11 rings (SSSR count). The Morgan fingerprint density at radius 2 is 0.780 bits per heavy atom. The second-order valence-corrected chi connectivity index (χ2v) is 14.8. The zero-order chi connectivity index (χ0) is 39.1. The largest absolute Gasteiger partial charge is 0.455 e. The van der Waals surface area contributed by atoms with Crippen LogP contribution in [0.4, 0.5) is 0 Å². The molecule has 0 atom stereocenters. The van der Waals surface area contributed by atoms with Gasteiger partial charge in [-0.1, -0.05) is 200 Å². The van der Waals surface area contributed by atoms with Crippen LogP contribution in [0.15, 0.2) is 217 Å². The zero-order valence-electron chi connectivity index (χ0n) is 32.0. The van der Waals surface area contributed by atoms with Crippen molar-refractivity contribution in [2.24, 2.45) is 0 Å². The Morgan fingerprint density at radius 1 is 0.288 bits per heavy atom. The first kappa shape index (κ1) is 34.3. The molecule has 9 aromatic carbocycles. The highest BCUT2D eigenvalue weighted by molar-refractivity contribution is 6.15. The minimum atomic E-state index is 0.583. The molecular formula is C55H35N3O. The van der Waals surface area contributed by atoms with E-state index in [0.29, 0.717) is 17.5 Å². The lowest BCUT2D eigenvalue weighted by molar-refractivity contribution is 0.670. The number of hydrogen-bond donors (Lipinski definition) is 0. The quantitative estimate of drug-likeness (QED) is 0.163. The topological polar surface area (TPSA) is 51.8 Å². The second kappa shape index (κ2) is 14.5. The molecule has 0 saturated carbocycles. The van der Waals surface area contributed by atoms with E-state index < -0.39 is 0 Å². The van der Waals surface area contributed by atoms with Crippen LogP contribution in [0.25, 0.3) is 111 Å². The van der Waals surface area contributed by atoms with E-state index in [1.54, 1.807) is 0 Å². The number of nitrogens with zero attached hydrogens (tertiary/aromatic N) is 3. The maximum Gasteiger partial charge on any atom is 0.164 e. The minimum Gasteiger partial charge on any atom is -0.455 e. The Morgan fingerprint density at radius 3 is 1.49 bits per heavy atom. The molecule has 0 aliphatic carbocycles. The Kier molecular flexibility index (Phi) is 8.45. The van der Waals surface area contributed by atoms with Crippen LogP contribution in [0, 0.1) is 0 Å². The maximum atomic E-state index is 6.79. The van der Waals surface area contributed by atoms with Gasteiger partial charge in [-0.05, 0) is 61.8 Å². The number of hydrogen-bond acceptors (Lipinski definition) is 4. The van der Waals surface area contributed by atoms with E-state index in [1.165, 1.54) is 10.8 Å². The van der Waals surface area contributed by atoms with Gasteiger partial charge in [-0.25, -0.2) is 15.0 Å². The molecule has 0 bridgehead atoms. The molecule has 0 fully saturated rings. The summed E-state index contributed by atoms with van der Waals surface area (Å²) in [6.07, 6.45) is 0. The Bertz CT molecular complexity index is 3300. The molecule has 4 heteroatoms. The van der Waals surface area contributed by atoms with E-state index in [-0.39, 0.29) is 0 Å². The van der Waals surface area contributed by atoms with Crippen LogP contribution in [0.2, 0.25) is 0 Å². The van der Waals surface area contributed by atoms with Crippen LogP contribution in [0.1, 0.15) is 0 Å². The van der Waals surface area contributed by atoms with Crippen LogP contribution in [0.5, 0.6) is 0 Å². The maximum absolute atomic E-state index is 6.79. The number of benzene rings is 9. The van der Waals surface area contributed by atoms with Gasteiger partial charge in [0.05, 0.1) is 0 Å². The third-order valence-corrected chi connectivity index (χ3v) is 11.2. The predicted molar refractivity (Wildman–Crippen MR) is 243 cm³/mol. The number of fused-ring (bicyclic) bond motifs is 4. The highest BCUT2D eigenvalue weighted by Crippen LogP contribution is 2.42. The first-order chi connectivity index (χ1) is 29.2. The van der Waals surface area contributed by atoms with Gasteiger partial charge in [0.25, 0.3) is 0 Å². The molecule has 2 heterocycles. The summed E-state index contributed by atoms with van der Waals surface area (Å²) in [5.41, 5.74) is 13.3. The summed E-state index contributed by atoms with van der Waals surface area (Å²) in [6, 6.07) is 74.0. The van der Waals surface area contributed by atoms with Crippen molar-refractivity contribution in [1.29, 1.82) is 0 Å². The molecule has 0 saturated heterocycles. The fourth-order valence-corrected chi connectivity index (χ4v) is 8.21. The van der Waals surface area contributed by atoms with Gasteiger partial charge in [0.15, 0.2) is 17.5 Å². The van der Waals surface area contributed by atoms with Crippen LogP contribution in [0.3, 0.4) is 0 Å². The molecular weight excluding hydrogens is 719 g/mol. The monoisotopic (exact) mass is 753 g/mol. The molecule has 0 unspecified atom stereocenters. The molecule has 11 aromatic rings. The number of para-hydroxylation sites is 1. The van der Waals surface area contributed by atoms with E-state index >= 15 is 0 Å². The third-order valence-electron chi connectivity index (χ3n) is 11.2. The Hall–Kier alpha value is -7.95. The highest BCUT2D eigenvalue weighted by atomic mass is 16.3. The van der Waals surface area contributed by atoms with Gasteiger partial charge >= 0.3 is 0 Å². The fourth-order valence-electron chi connectivity index (χ4n) is 8.21. The molecule has 2 aromatic heterocycles. The summed E-state index contributed by atoms with van der Waals surface area (Å²) in [5.74, 6) is 1.79. The van der Waals surface area contributed by atoms with Crippen molar-refractivity contribution in [3.05, 3.63) is 212 Å². The van der Waals surface area contributed by atoms with Crippen LogP contribution >= 0.6 is 0 Å². The van der Waals surface area contributed by atoms with Gasteiger partial charge in [-0.2, -0.15) is 0 Å². The number of furan rings is 1. The van der Waals surface area contributed by atoms with Gasteiger partial charge in [-0.15, -0.1) is 0 Å². The van der Waals surface area contributed by atoms with Crippen molar-refractivity contribution in [2.45, 2.75) is 0 Å². The molecule has 0 radical (unpaired) electrons. The lowest BCUT2D eigenvalue weighted by Gasteiger charge is -2.11. The normalized spacial score (nSPS) is 11.4. The molecule has 0 aliphatic rings. The molecule has 276 valence electrons. The van der Waals surface area contributed by atoms with E-state index in [1.807, 2.05) is 24.3 Å². The summed E-state index contributed by atoms with van der Waals surface area (Å²) in [7, 11) is 0. The van der Waals surface area contributed by atoms with E-state index in [9.17, 15) is 0 Å². The second-order valence-electron chi connectivity index (χ2n) is 14.8. The molecule has 0 amide bonds.